The second kappa shape index (κ2) is 7.59. The van der Waals surface area contributed by atoms with Crippen molar-refractivity contribution >= 4 is 50.6 Å². The molecule has 0 saturated carbocycles. The maximum absolute atomic E-state index is 13.5. The standard InChI is InChI=1S/C19H18Cl2N4O3S/c1-29(27,28)18-22-10-12-11-24(16-14(20)8-5-9-15(16)21)19(26)25(17(12)23-18)13-6-3-2-4-7-13/h3,5-6,8-10,13H,2,4,7,11H2,1H3. The normalized spacial score (nSPS) is 19.4. The number of hydrogen-bond acceptors (Lipinski definition) is 5. The number of carbonyl (C=O) groups excluding carboxylic acids is 1. The Kier molecular flexibility index (Phi) is 5.27. The van der Waals surface area contributed by atoms with E-state index in [1.165, 1.54) is 16.0 Å². The minimum absolute atomic E-state index is 0.134. The van der Waals surface area contributed by atoms with Crippen LogP contribution < -0.4 is 9.80 Å². The Bertz CT molecular complexity index is 1100. The number of halogens is 2. The van der Waals surface area contributed by atoms with Crippen molar-refractivity contribution in [2.75, 3.05) is 16.1 Å². The number of nitrogens with zero attached hydrogens (tertiary/aromatic N) is 4. The van der Waals surface area contributed by atoms with Crippen LogP contribution in [-0.2, 0) is 16.4 Å². The van der Waals surface area contributed by atoms with E-state index >= 15 is 0 Å². The van der Waals surface area contributed by atoms with Gasteiger partial charge >= 0.3 is 6.03 Å². The van der Waals surface area contributed by atoms with Gasteiger partial charge in [0.2, 0.25) is 15.0 Å². The molecule has 0 radical (unpaired) electrons. The van der Waals surface area contributed by atoms with Gasteiger partial charge in [-0.2, -0.15) is 0 Å². The van der Waals surface area contributed by atoms with Crippen LogP contribution in [0.4, 0.5) is 16.3 Å². The summed E-state index contributed by atoms with van der Waals surface area (Å²) in [6.07, 6.45) is 9.04. The average Bonchev–Trinajstić information content (AvgIpc) is 2.68. The number of para-hydroxylation sites is 1. The molecule has 1 aromatic heterocycles. The van der Waals surface area contributed by atoms with Gasteiger partial charge in [0.15, 0.2) is 0 Å². The van der Waals surface area contributed by atoms with Crippen LogP contribution in [-0.4, -0.2) is 36.7 Å². The zero-order valence-electron chi connectivity index (χ0n) is 15.5. The lowest BCUT2D eigenvalue weighted by molar-refractivity contribution is 0.248. The van der Waals surface area contributed by atoms with Gasteiger partial charge in [-0.25, -0.2) is 23.2 Å². The fourth-order valence-electron chi connectivity index (χ4n) is 3.57. The molecule has 0 N–H and O–H groups in total. The van der Waals surface area contributed by atoms with Crippen LogP contribution in [0.15, 0.2) is 41.7 Å². The molecular weight excluding hydrogens is 435 g/mol. The molecule has 2 heterocycles. The Morgan fingerprint density at radius 1 is 1.21 bits per heavy atom. The molecule has 2 amide bonds. The third kappa shape index (κ3) is 3.72. The molecule has 2 aliphatic rings. The van der Waals surface area contributed by atoms with E-state index < -0.39 is 9.84 Å². The van der Waals surface area contributed by atoms with E-state index in [-0.39, 0.29) is 23.8 Å². The van der Waals surface area contributed by atoms with Gasteiger partial charge in [-0.05, 0) is 31.4 Å². The maximum Gasteiger partial charge on any atom is 0.331 e. The Morgan fingerprint density at radius 3 is 2.55 bits per heavy atom. The smallest absolute Gasteiger partial charge is 0.286 e. The number of aromatic nitrogens is 2. The van der Waals surface area contributed by atoms with Crippen molar-refractivity contribution in [2.45, 2.75) is 37.0 Å². The van der Waals surface area contributed by atoms with Crippen molar-refractivity contribution in [1.82, 2.24) is 9.97 Å². The lowest BCUT2D eigenvalue weighted by Gasteiger charge is -2.40. The summed E-state index contributed by atoms with van der Waals surface area (Å²) in [5.41, 5.74) is 1.02. The van der Waals surface area contributed by atoms with Crippen molar-refractivity contribution in [3.05, 3.63) is 52.2 Å². The number of hydrogen-bond donors (Lipinski definition) is 0. The quantitative estimate of drug-likeness (QED) is 0.513. The zero-order chi connectivity index (χ0) is 20.8. The summed E-state index contributed by atoms with van der Waals surface area (Å²) in [4.78, 5) is 24.8. The predicted molar refractivity (Wildman–Crippen MR) is 112 cm³/mol. The van der Waals surface area contributed by atoms with E-state index in [9.17, 15) is 13.2 Å². The van der Waals surface area contributed by atoms with E-state index in [2.05, 4.69) is 9.97 Å². The second-order valence-electron chi connectivity index (χ2n) is 7.01. The fraction of sp³-hybridized carbons (Fsp3) is 0.316. The van der Waals surface area contributed by atoms with Gasteiger partial charge in [0.25, 0.3) is 0 Å². The first kappa shape index (κ1) is 20.1. The molecule has 0 spiro atoms. The molecule has 10 heteroatoms. The van der Waals surface area contributed by atoms with Gasteiger partial charge in [0.1, 0.15) is 5.82 Å². The van der Waals surface area contributed by atoms with E-state index in [0.717, 1.165) is 25.5 Å². The molecule has 0 bridgehead atoms. The zero-order valence-corrected chi connectivity index (χ0v) is 17.9. The number of carbonyl (C=O) groups is 1. The SMILES string of the molecule is CS(=O)(=O)c1ncc2c(n1)N(C1C=CCCC1)C(=O)N(c1c(Cl)cccc1Cl)C2. The molecule has 2 aromatic rings. The average molecular weight is 453 g/mol. The summed E-state index contributed by atoms with van der Waals surface area (Å²) >= 11 is 12.7. The van der Waals surface area contributed by atoms with Crippen LogP contribution in [0.1, 0.15) is 24.8 Å². The van der Waals surface area contributed by atoms with E-state index in [1.807, 2.05) is 12.2 Å². The van der Waals surface area contributed by atoms with Crippen LogP contribution in [0.5, 0.6) is 0 Å². The third-order valence-electron chi connectivity index (χ3n) is 4.91. The third-order valence-corrected chi connectivity index (χ3v) is 6.38. The summed E-state index contributed by atoms with van der Waals surface area (Å²) in [7, 11) is -3.62. The predicted octanol–water partition coefficient (Wildman–Crippen LogP) is 4.24. The van der Waals surface area contributed by atoms with Gasteiger partial charge < -0.3 is 0 Å². The molecule has 1 unspecified atom stereocenters. The second-order valence-corrected chi connectivity index (χ2v) is 9.73. The Labute approximate surface area is 178 Å². The number of benzene rings is 1. The number of anilines is 2. The van der Waals surface area contributed by atoms with Crippen molar-refractivity contribution < 1.29 is 13.2 Å². The van der Waals surface area contributed by atoms with Crippen LogP contribution in [0.2, 0.25) is 10.0 Å². The number of sulfone groups is 1. The Morgan fingerprint density at radius 2 is 1.93 bits per heavy atom. The lowest BCUT2D eigenvalue weighted by Crippen LogP contribution is -2.52. The van der Waals surface area contributed by atoms with Gasteiger partial charge in [-0.1, -0.05) is 41.4 Å². The Balaban J connectivity index is 1.88. The van der Waals surface area contributed by atoms with Crippen LogP contribution in [0.25, 0.3) is 0 Å². The van der Waals surface area contributed by atoms with Gasteiger partial charge in [0, 0.05) is 18.0 Å². The van der Waals surface area contributed by atoms with Gasteiger partial charge in [0.05, 0.1) is 28.3 Å². The number of fused-ring (bicyclic) bond motifs is 1. The highest BCUT2D eigenvalue weighted by molar-refractivity contribution is 7.90. The van der Waals surface area contributed by atoms with Gasteiger partial charge in [-0.15, -0.1) is 0 Å². The lowest BCUT2D eigenvalue weighted by atomic mass is 10.00. The van der Waals surface area contributed by atoms with Crippen molar-refractivity contribution in [3.8, 4) is 0 Å². The maximum atomic E-state index is 13.5. The van der Waals surface area contributed by atoms with Crippen LogP contribution in [0, 0.1) is 0 Å². The van der Waals surface area contributed by atoms with E-state index in [4.69, 9.17) is 23.2 Å². The highest BCUT2D eigenvalue weighted by Gasteiger charge is 2.38. The molecule has 7 nitrogen and oxygen atoms in total. The minimum atomic E-state index is -3.62. The fourth-order valence-corrected chi connectivity index (χ4v) is 4.67. The van der Waals surface area contributed by atoms with Crippen LogP contribution >= 0.6 is 23.2 Å². The van der Waals surface area contributed by atoms with Crippen molar-refractivity contribution in [3.63, 3.8) is 0 Å². The molecular formula is C19H18Cl2N4O3S. The number of allylic oxidation sites excluding steroid dienone is 1. The van der Waals surface area contributed by atoms with E-state index in [1.54, 1.807) is 18.2 Å². The molecule has 1 aliphatic heterocycles. The molecule has 4 rings (SSSR count). The topological polar surface area (TPSA) is 83.5 Å². The number of amides is 2. The summed E-state index contributed by atoms with van der Waals surface area (Å²) < 4.78 is 23.9. The highest BCUT2D eigenvalue weighted by atomic mass is 35.5. The van der Waals surface area contributed by atoms with Crippen LogP contribution in [0.3, 0.4) is 0 Å². The largest absolute Gasteiger partial charge is 0.331 e. The summed E-state index contributed by atoms with van der Waals surface area (Å²) in [6.45, 7) is 0.134. The molecule has 1 aliphatic carbocycles. The molecule has 29 heavy (non-hydrogen) atoms. The molecule has 1 aromatic carbocycles. The first-order chi connectivity index (χ1) is 13.8. The first-order valence-electron chi connectivity index (χ1n) is 9.05. The van der Waals surface area contributed by atoms with Gasteiger partial charge in [-0.3, -0.25) is 9.80 Å². The van der Waals surface area contributed by atoms with Crippen molar-refractivity contribution in [1.29, 1.82) is 0 Å². The molecule has 152 valence electrons. The summed E-state index contributed by atoms with van der Waals surface area (Å²) in [6, 6.07) is 4.43. The molecule has 1 atom stereocenters. The molecule has 0 saturated heterocycles. The van der Waals surface area contributed by atoms with Crippen molar-refractivity contribution in [2.24, 2.45) is 0 Å². The molecule has 0 fully saturated rings. The number of rotatable bonds is 3. The highest BCUT2D eigenvalue weighted by Crippen LogP contribution is 2.40. The summed E-state index contributed by atoms with van der Waals surface area (Å²) in [5.74, 6) is 0.307. The number of urea groups is 1. The first-order valence-corrected chi connectivity index (χ1v) is 11.7. The monoisotopic (exact) mass is 452 g/mol. The van der Waals surface area contributed by atoms with E-state index in [0.29, 0.717) is 27.1 Å². The minimum Gasteiger partial charge on any atom is -0.286 e. The Hall–Kier alpha value is -2.16. The summed E-state index contributed by atoms with van der Waals surface area (Å²) in [5, 5.41) is 0.391.